The quantitative estimate of drug-likeness (QED) is 0.299. The Balaban J connectivity index is 4.39. The van der Waals surface area contributed by atoms with Gasteiger partial charge in [0.1, 0.15) is 0 Å². The van der Waals surface area contributed by atoms with Crippen molar-refractivity contribution < 1.29 is 39.5 Å². The van der Waals surface area contributed by atoms with Crippen LogP contribution in [0.25, 0.3) is 0 Å². The molecule has 0 aromatic heterocycles. The van der Waals surface area contributed by atoms with Crippen LogP contribution in [-0.2, 0) is 19.1 Å². The van der Waals surface area contributed by atoms with E-state index >= 15 is 0 Å². The van der Waals surface area contributed by atoms with Crippen molar-refractivity contribution in [2.24, 2.45) is 5.92 Å². The number of unbranched alkanes of at least 4 members (excludes halogenated alkanes) is 1. The Morgan fingerprint density at radius 2 is 1.77 bits per heavy atom. The summed E-state index contributed by atoms with van der Waals surface area (Å²) in [4.78, 5) is 33.1. The molecule has 0 aliphatic heterocycles. The number of esters is 1. The SMILES string of the molecule is CCC(CCCCO)COC(=O)CC(O)(CC(=O)O)C(=O)O. The average Bonchev–Trinajstić information content (AvgIpc) is 2.41. The van der Waals surface area contributed by atoms with Crippen LogP contribution in [0, 0.1) is 5.92 Å². The largest absolute Gasteiger partial charge is 0.481 e. The molecule has 2 atom stereocenters. The molecule has 0 bridgehead atoms. The van der Waals surface area contributed by atoms with Gasteiger partial charge in [0.05, 0.1) is 19.4 Å². The lowest BCUT2D eigenvalue weighted by atomic mass is 9.96. The van der Waals surface area contributed by atoms with E-state index in [1.807, 2.05) is 6.92 Å². The van der Waals surface area contributed by atoms with Gasteiger partial charge in [-0.05, 0) is 18.8 Å². The van der Waals surface area contributed by atoms with Crippen LogP contribution in [0.1, 0.15) is 45.4 Å². The third-order valence-electron chi connectivity index (χ3n) is 3.36. The number of carbonyl (C=O) groups is 3. The molecule has 0 saturated heterocycles. The summed E-state index contributed by atoms with van der Waals surface area (Å²) in [6, 6.07) is 0. The number of ether oxygens (including phenoxy) is 1. The molecular formula is C14H24O8. The summed E-state index contributed by atoms with van der Waals surface area (Å²) in [7, 11) is 0. The van der Waals surface area contributed by atoms with Crippen molar-refractivity contribution >= 4 is 17.9 Å². The zero-order valence-corrected chi connectivity index (χ0v) is 12.7. The van der Waals surface area contributed by atoms with Crippen molar-refractivity contribution in [2.75, 3.05) is 13.2 Å². The number of rotatable bonds is 12. The Bertz CT molecular complexity index is 381. The van der Waals surface area contributed by atoms with E-state index in [9.17, 15) is 19.5 Å². The minimum Gasteiger partial charge on any atom is -0.481 e. The Morgan fingerprint density at radius 3 is 2.23 bits per heavy atom. The lowest BCUT2D eigenvalue weighted by Crippen LogP contribution is -2.43. The van der Waals surface area contributed by atoms with Crippen molar-refractivity contribution in [2.45, 2.75) is 51.0 Å². The average molecular weight is 320 g/mol. The molecule has 0 fully saturated rings. The molecule has 0 aromatic carbocycles. The lowest BCUT2D eigenvalue weighted by molar-refractivity contribution is -0.172. The first-order chi connectivity index (χ1) is 10.2. The summed E-state index contributed by atoms with van der Waals surface area (Å²) in [5, 5.41) is 35.9. The molecule has 4 N–H and O–H groups in total. The van der Waals surface area contributed by atoms with Crippen LogP contribution < -0.4 is 0 Å². The van der Waals surface area contributed by atoms with Crippen LogP contribution in [0.4, 0.5) is 0 Å². The number of carboxylic acid groups (broad SMARTS) is 2. The molecule has 0 amide bonds. The fourth-order valence-corrected chi connectivity index (χ4v) is 1.91. The molecule has 0 aliphatic rings. The number of hydrogen-bond donors (Lipinski definition) is 4. The zero-order valence-electron chi connectivity index (χ0n) is 12.7. The predicted octanol–water partition coefficient (Wildman–Crippen LogP) is 0.399. The van der Waals surface area contributed by atoms with Crippen molar-refractivity contribution in [3.05, 3.63) is 0 Å². The number of carboxylic acids is 2. The van der Waals surface area contributed by atoms with E-state index in [2.05, 4.69) is 0 Å². The van der Waals surface area contributed by atoms with Gasteiger partial charge in [-0.2, -0.15) is 0 Å². The van der Waals surface area contributed by atoms with Gasteiger partial charge in [0, 0.05) is 6.61 Å². The number of aliphatic carboxylic acids is 2. The Morgan fingerprint density at radius 1 is 1.14 bits per heavy atom. The van der Waals surface area contributed by atoms with Crippen molar-refractivity contribution in [3.8, 4) is 0 Å². The highest BCUT2D eigenvalue weighted by atomic mass is 16.5. The molecule has 128 valence electrons. The third kappa shape index (κ3) is 7.94. The molecule has 0 spiro atoms. The van der Waals surface area contributed by atoms with E-state index in [1.54, 1.807) is 0 Å². The first-order valence-corrected chi connectivity index (χ1v) is 7.19. The fraction of sp³-hybridized carbons (Fsp3) is 0.786. The highest BCUT2D eigenvalue weighted by molar-refractivity contribution is 5.88. The first kappa shape index (κ1) is 20.3. The highest BCUT2D eigenvalue weighted by Crippen LogP contribution is 2.18. The van der Waals surface area contributed by atoms with Crippen molar-refractivity contribution in [1.82, 2.24) is 0 Å². The summed E-state index contributed by atoms with van der Waals surface area (Å²) in [5.41, 5.74) is -2.67. The summed E-state index contributed by atoms with van der Waals surface area (Å²) in [5.74, 6) is -4.17. The van der Waals surface area contributed by atoms with E-state index in [4.69, 9.17) is 20.1 Å². The summed E-state index contributed by atoms with van der Waals surface area (Å²) < 4.78 is 4.94. The van der Waals surface area contributed by atoms with Gasteiger partial charge in [-0.1, -0.05) is 19.8 Å². The van der Waals surface area contributed by atoms with Gasteiger partial charge in [0.25, 0.3) is 0 Å². The van der Waals surface area contributed by atoms with Gasteiger partial charge in [-0.15, -0.1) is 0 Å². The number of aliphatic hydroxyl groups excluding tert-OH is 1. The van der Waals surface area contributed by atoms with Crippen molar-refractivity contribution in [1.29, 1.82) is 0 Å². The Kier molecular flexibility index (Phi) is 9.35. The van der Waals surface area contributed by atoms with E-state index in [0.29, 0.717) is 6.42 Å². The Labute approximate surface area is 128 Å². The maximum Gasteiger partial charge on any atom is 0.336 e. The van der Waals surface area contributed by atoms with Gasteiger partial charge in [0.2, 0.25) is 0 Å². The van der Waals surface area contributed by atoms with Crippen LogP contribution in [0.3, 0.4) is 0 Å². The molecule has 22 heavy (non-hydrogen) atoms. The van der Waals surface area contributed by atoms with Gasteiger partial charge >= 0.3 is 17.9 Å². The monoisotopic (exact) mass is 320 g/mol. The molecule has 0 rings (SSSR count). The molecule has 0 aromatic rings. The highest BCUT2D eigenvalue weighted by Gasteiger charge is 2.41. The molecule has 0 radical (unpaired) electrons. The Hall–Kier alpha value is -1.67. The number of hydrogen-bond acceptors (Lipinski definition) is 6. The summed E-state index contributed by atoms with van der Waals surface area (Å²) >= 11 is 0. The lowest BCUT2D eigenvalue weighted by Gasteiger charge is -2.21. The normalized spacial score (nSPS) is 14.9. The van der Waals surface area contributed by atoms with Crippen LogP contribution >= 0.6 is 0 Å². The molecule has 0 heterocycles. The minimum absolute atomic E-state index is 0.0729. The van der Waals surface area contributed by atoms with Crippen LogP contribution in [0.15, 0.2) is 0 Å². The van der Waals surface area contributed by atoms with Gasteiger partial charge < -0.3 is 25.2 Å². The fourth-order valence-electron chi connectivity index (χ4n) is 1.91. The molecular weight excluding hydrogens is 296 g/mol. The van der Waals surface area contributed by atoms with Crippen LogP contribution in [-0.4, -0.2) is 57.1 Å². The molecule has 8 nitrogen and oxygen atoms in total. The second kappa shape index (κ2) is 10.1. The summed E-state index contributed by atoms with van der Waals surface area (Å²) in [6.07, 6.45) is 0.943. The maximum absolute atomic E-state index is 11.6. The van der Waals surface area contributed by atoms with Gasteiger partial charge in [-0.3, -0.25) is 9.59 Å². The van der Waals surface area contributed by atoms with E-state index < -0.39 is 36.4 Å². The maximum atomic E-state index is 11.6. The second-order valence-corrected chi connectivity index (χ2v) is 5.26. The first-order valence-electron chi connectivity index (χ1n) is 7.19. The van der Waals surface area contributed by atoms with E-state index in [1.165, 1.54) is 0 Å². The van der Waals surface area contributed by atoms with E-state index in [0.717, 1.165) is 19.3 Å². The smallest absolute Gasteiger partial charge is 0.336 e. The van der Waals surface area contributed by atoms with Gasteiger partial charge in [0.15, 0.2) is 5.60 Å². The van der Waals surface area contributed by atoms with Crippen molar-refractivity contribution in [3.63, 3.8) is 0 Å². The summed E-state index contributed by atoms with van der Waals surface area (Å²) in [6.45, 7) is 2.08. The number of aliphatic hydroxyl groups is 2. The van der Waals surface area contributed by atoms with Crippen LogP contribution in [0.5, 0.6) is 0 Å². The topological polar surface area (TPSA) is 141 Å². The third-order valence-corrected chi connectivity index (χ3v) is 3.36. The standard InChI is InChI=1S/C14H24O8/c1-2-10(5-3-4-6-15)9-22-12(18)8-14(21,13(19)20)7-11(16)17/h10,15,21H,2-9H2,1H3,(H,16,17)(H,19,20). The molecule has 0 aliphatic carbocycles. The molecule has 0 saturated carbocycles. The second-order valence-electron chi connectivity index (χ2n) is 5.26. The minimum atomic E-state index is -2.67. The predicted molar refractivity (Wildman–Crippen MR) is 75.1 cm³/mol. The number of carbonyl (C=O) groups excluding carboxylic acids is 1. The molecule has 8 heteroatoms. The van der Waals surface area contributed by atoms with Crippen LogP contribution in [0.2, 0.25) is 0 Å². The zero-order chi connectivity index (χ0) is 17.2. The molecule has 2 unspecified atom stereocenters. The van der Waals surface area contributed by atoms with Gasteiger partial charge in [-0.25, -0.2) is 4.79 Å². The van der Waals surface area contributed by atoms with E-state index in [-0.39, 0.29) is 19.1 Å².